The van der Waals surface area contributed by atoms with E-state index in [-0.39, 0.29) is 140 Å². The second-order valence-electron chi connectivity index (χ2n) is 32.3. The standard InChI is InChI=1S/C84H122N24O13/c1-7-47(4)69(86)79(118)105-64(39-46(2)3)81(120)107-37-19-31-67(107)78(117)103-63(41-51-44-95-57-25-12-9-22-54(51)57)75(114)101-60(27-14-15-33-85)73(112)104-65(42-52-45-96-58-26-13-10-23-55(52)58)82(121)108-38-20-32-68(108)77(116)102-62(40-50-43-94-56-24-11-8-21-53(50)56)74(113)98-49(6)80(119)106-36-18-30-66(106)76(115)97-48(5)71(110)100-61(29-17-35-93-84(90)91)72(111)99-59(70(87)109)28-16-34-92-83(88)89/h8-13,21-26,43-49,59-69,94-96H,7,14-20,27-42,85-86H2,1-6H3,(H2,87,109)(H,97,115)(H,98,113)(H,99,111)(H,100,110)(H,101,114)(H,102,116)(H,103,117)(H,104,112)(H,105,118)(H4,88,89,92)(H4,90,91,93)/t47-,48-,49-,59-,60-,61-,62-,63-,64-,65-,66-,67-,68-,69-/m0/s1. The zero-order valence-corrected chi connectivity index (χ0v) is 69.8. The van der Waals surface area contributed by atoms with Crippen molar-refractivity contribution < 1.29 is 62.3 Å². The number of likely N-dealkylation sites (tertiary alicyclic amines) is 3. The number of aromatic nitrogens is 3. The quantitative estimate of drug-likeness (QED) is 0.0137. The third-order valence-electron chi connectivity index (χ3n) is 22.9. The lowest BCUT2D eigenvalue weighted by molar-refractivity contribution is -0.143. The summed E-state index contributed by atoms with van der Waals surface area (Å²) in [5, 5.41) is 47.7. The zero-order valence-electron chi connectivity index (χ0n) is 69.8. The molecule has 0 spiro atoms. The van der Waals surface area contributed by atoms with E-state index in [0.29, 0.717) is 55.2 Å². The summed E-state index contributed by atoms with van der Waals surface area (Å²) in [7, 11) is 0. The number of para-hydroxylation sites is 3. The highest BCUT2D eigenvalue weighted by Gasteiger charge is 2.45. The summed E-state index contributed by atoms with van der Waals surface area (Å²) in [6.07, 6.45) is 8.84. The Labute approximate surface area is 703 Å². The van der Waals surface area contributed by atoms with Gasteiger partial charge in [-0.05, 0) is 157 Å². The fourth-order valence-corrected chi connectivity index (χ4v) is 16.0. The highest BCUT2D eigenvalue weighted by molar-refractivity contribution is 6.01. The first-order valence-corrected chi connectivity index (χ1v) is 42.1. The minimum absolute atomic E-state index is 0.00803. The zero-order chi connectivity index (χ0) is 87.7. The highest BCUT2D eigenvalue weighted by Crippen LogP contribution is 2.28. The smallest absolute Gasteiger partial charge is 0.246 e. The first-order valence-electron chi connectivity index (χ1n) is 42.1. The molecule has 0 unspecified atom stereocenters. The van der Waals surface area contributed by atoms with Crippen LogP contribution in [0.5, 0.6) is 0 Å². The molecule has 0 bridgehead atoms. The third-order valence-corrected chi connectivity index (χ3v) is 22.9. The number of fused-ring (bicyclic) bond motifs is 3. The monoisotopic (exact) mass is 1670 g/mol. The van der Waals surface area contributed by atoms with Crippen LogP contribution >= 0.6 is 0 Å². The Hall–Kier alpha value is -12.1. The molecular weight excluding hydrogens is 1550 g/mol. The Morgan fingerprint density at radius 3 is 1.24 bits per heavy atom. The lowest BCUT2D eigenvalue weighted by Crippen LogP contribution is -2.61. The molecule has 0 radical (unpaired) electrons. The summed E-state index contributed by atoms with van der Waals surface area (Å²) >= 11 is 0. The first kappa shape index (κ1) is 92.7. The van der Waals surface area contributed by atoms with Crippen LogP contribution in [-0.4, -0.2) is 236 Å². The minimum atomic E-state index is -1.39. The van der Waals surface area contributed by atoms with E-state index in [1.807, 2.05) is 100 Å². The van der Waals surface area contributed by atoms with Gasteiger partial charge < -0.3 is 117 Å². The molecule has 13 amide bonds. The summed E-state index contributed by atoms with van der Waals surface area (Å²) < 4.78 is 0. The maximum atomic E-state index is 15.7. The van der Waals surface area contributed by atoms with Crippen molar-refractivity contribution in [1.29, 1.82) is 10.8 Å². The summed E-state index contributed by atoms with van der Waals surface area (Å²) in [4.78, 5) is 203. The number of guanidine groups is 2. The fraction of sp³-hybridized carbons (Fsp3) is 0.536. The number of hydrogen-bond acceptors (Lipinski definition) is 17. The number of unbranched alkanes of at least 4 members (excludes halogenated alkanes) is 1. The van der Waals surface area contributed by atoms with Gasteiger partial charge in [-0.1, -0.05) is 88.7 Å². The number of amides is 13. The number of nitrogens with two attached hydrogens (primary N) is 5. The molecule has 9 rings (SSSR count). The third kappa shape index (κ3) is 25.2. The van der Waals surface area contributed by atoms with Gasteiger partial charge in [0.1, 0.15) is 72.5 Å². The van der Waals surface area contributed by atoms with Gasteiger partial charge in [-0.25, -0.2) is 0 Å². The molecule has 121 heavy (non-hydrogen) atoms. The lowest BCUT2D eigenvalue weighted by Gasteiger charge is -2.32. The van der Waals surface area contributed by atoms with Crippen molar-refractivity contribution in [2.75, 3.05) is 39.3 Å². The van der Waals surface area contributed by atoms with Gasteiger partial charge in [-0.2, -0.15) is 0 Å². The SMILES string of the molecule is CC[C@H](C)[C@H](N)C(=O)N[C@@H](CC(C)C)C(=O)N1CCC[C@H]1C(=O)N[C@@H](Cc1c[nH]c2ccccc12)C(=O)N[C@@H](CCCCN)C(=O)N[C@@H](Cc1c[nH]c2ccccc12)C(=O)N1CCC[C@H]1C(=O)N[C@@H](Cc1c[nH]c2ccccc12)C(=O)N[C@@H](C)C(=O)N1CCC[C@H]1C(=O)N[C@@H](C)C(=O)N[C@@H](CCCNC(=N)N)C(=O)N[C@@H](CCCNC(=N)N)C(N)=O. The van der Waals surface area contributed by atoms with Crippen LogP contribution in [-0.2, 0) is 81.6 Å². The molecule has 0 saturated carbocycles. The van der Waals surface area contributed by atoms with Crippen molar-refractivity contribution in [2.24, 2.45) is 40.5 Å². The molecular formula is C84H122N24O13. The van der Waals surface area contributed by atoms with E-state index in [1.165, 1.54) is 28.5 Å². The van der Waals surface area contributed by atoms with Crippen LogP contribution in [0.4, 0.5) is 0 Å². The first-order chi connectivity index (χ1) is 57.8. The topological polar surface area (TPSA) is 589 Å². The van der Waals surface area contributed by atoms with Gasteiger partial charge in [0.25, 0.3) is 0 Å². The maximum Gasteiger partial charge on any atom is 0.246 e. The summed E-state index contributed by atoms with van der Waals surface area (Å²) in [6, 6.07) is 6.39. The van der Waals surface area contributed by atoms with Crippen molar-refractivity contribution >= 4 is 121 Å². The van der Waals surface area contributed by atoms with Crippen LogP contribution in [0.3, 0.4) is 0 Å². The van der Waals surface area contributed by atoms with E-state index < -0.39 is 155 Å². The molecule has 3 aliphatic heterocycles. The molecule has 3 aromatic carbocycles. The maximum absolute atomic E-state index is 15.7. The molecule has 3 saturated heterocycles. The van der Waals surface area contributed by atoms with Gasteiger partial charge in [-0.3, -0.25) is 73.1 Å². The molecule has 6 aromatic rings. The van der Waals surface area contributed by atoms with Crippen LogP contribution < -0.4 is 87.2 Å². The molecule has 14 atom stereocenters. The average molecular weight is 1680 g/mol. The number of carbonyl (C=O) groups is 13. The lowest BCUT2D eigenvalue weighted by atomic mass is 9.97. The fourth-order valence-electron chi connectivity index (χ4n) is 16.0. The second kappa shape index (κ2) is 44.2. The van der Waals surface area contributed by atoms with E-state index in [9.17, 15) is 38.4 Å². The van der Waals surface area contributed by atoms with Gasteiger partial charge in [0.15, 0.2) is 11.9 Å². The Morgan fingerprint density at radius 1 is 0.430 bits per heavy atom. The van der Waals surface area contributed by atoms with Crippen molar-refractivity contribution in [2.45, 2.75) is 236 Å². The Morgan fingerprint density at radius 2 is 0.802 bits per heavy atom. The molecule has 37 nitrogen and oxygen atoms in total. The molecule has 656 valence electrons. The van der Waals surface area contributed by atoms with Crippen LogP contribution in [0.1, 0.15) is 155 Å². The van der Waals surface area contributed by atoms with Crippen LogP contribution in [0.25, 0.3) is 32.7 Å². The van der Waals surface area contributed by atoms with Crippen molar-refractivity contribution in [3.05, 3.63) is 108 Å². The number of hydrogen-bond donors (Lipinski definition) is 21. The van der Waals surface area contributed by atoms with E-state index in [2.05, 4.69) is 73.4 Å². The van der Waals surface area contributed by atoms with E-state index in [0.717, 1.165) is 32.7 Å². The van der Waals surface area contributed by atoms with Crippen molar-refractivity contribution in [3.63, 3.8) is 0 Å². The number of benzene rings is 3. The van der Waals surface area contributed by atoms with E-state index >= 15 is 24.0 Å². The Balaban J connectivity index is 0.920. The summed E-state index contributed by atoms with van der Waals surface area (Å²) in [6.45, 7) is 11.4. The second-order valence-corrected chi connectivity index (χ2v) is 32.3. The molecule has 37 heteroatoms. The van der Waals surface area contributed by atoms with E-state index in [4.69, 9.17) is 39.5 Å². The number of nitrogens with zero attached hydrogens (tertiary/aromatic N) is 3. The summed E-state index contributed by atoms with van der Waals surface area (Å²) in [5.74, 6) is -9.84. The minimum Gasteiger partial charge on any atom is -0.370 e. The molecule has 3 aromatic heterocycles. The van der Waals surface area contributed by atoms with E-state index in [1.54, 1.807) is 18.6 Å². The number of nitrogens with one attached hydrogen (secondary N) is 16. The molecule has 6 heterocycles. The predicted octanol–water partition coefficient (Wildman–Crippen LogP) is 0.0947. The van der Waals surface area contributed by atoms with Gasteiger partial charge in [-0.15, -0.1) is 0 Å². The van der Waals surface area contributed by atoms with Crippen molar-refractivity contribution in [3.8, 4) is 0 Å². The summed E-state index contributed by atoms with van der Waals surface area (Å²) in [5.41, 5.74) is 33.0. The van der Waals surface area contributed by atoms with Crippen LogP contribution in [0.15, 0.2) is 91.4 Å². The number of rotatable bonds is 44. The number of aromatic amines is 3. The molecule has 0 aliphatic carbocycles. The van der Waals surface area contributed by atoms with Gasteiger partial charge in [0.2, 0.25) is 76.8 Å². The van der Waals surface area contributed by atoms with Crippen LogP contribution in [0, 0.1) is 22.7 Å². The van der Waals surface area contributed by atoms with Crippen molar-refractivity contribution in [1.82, 2.24) is 88.1 Å². The Bertz CT molecular complexity index is 4670. The molecule has 3 aliphatic rings. The predicted molar refractivity (Wildman–Crippen MR) is 456 cm³/mol. The van der Waals surface area contributed by atoms with Crippen LogP contribution in [0.2, 0.25) is 0 Å². The van der Waals surface area contributed by atoms with Gasteiger partial charge in [0, 0.05) is 103 Å². The molecule has 3 fully saturated rings. The number of carbonyl (C=O) groups excluding carboxylic acids is 13. The number of H-pyrrole nitrogens is 3. The van der Waals surface area contributed by atoms with Gasteiger partial charge >= 0.3 is 0 Å². The highest BCUT2D eigenvalue weighted by atomic mass is 16.2. The normalized spacial score (nSPS) is 18.0. The molecule has 26 N–H and O–H groups in total. The largest absolute Gasteiger partial charge is 0.370 e. The number of primary amides is 1. The Kier molecular flexibility index (Phi) is 33.9. The average Bonchev–Trinajstić information content (AvgIpc) is 1.71. The van der Waals surface area contributed by atoms with Gasteiger partial charge in [0.05, 0.1) is 6.04 Å².